The van der Waals surface area contributed by atoms with Crippen LogP contribution in [0.5, 0.6) is 11.5 Å². The van der Waals surface area contributed by atoms with Crippen molar-refractivity contribution in [2.75, 3.05) is 19.0 Å². The SMILES string of the molecule is CCOc1ccc(/C=C(/C#N)C(=O)Nc2ccc(OC)c(Cl)c2)cc1. The van der Waals surface area contributed by atoms with E-state index in [0.29, 0.717) is 23.1 Å². The van der Waals surface area contributed by atoms with Crippen molar-refractivity contribution in [3.05, 3.63) is 58.6 Å². The molecule has 0 unspecified atom stereocenters. The summed E-state index contributed by atoms with van der Waals surface area (Å²) in [5.41, 5.74) is 1.18. The number of halogens is 1. The summed E-state index contributed by atoms with van der Waals surface area (Å²) >= 11 is 6.03. The van der Waals surface area contributed by atoms with Crippen LogP contribution in [0.2, 0.25) is 5.02 Å². The van der Waals surface area contributed by atoms with Crippen LogP contribution in [0.1, 0.15) is 12.5 Å². The van der Waals surface area contributed by atoms with Gasteiger partial charge in [-0.3, -0.25) is 4.79 Å². The minimum Gasteiger partial charge on any atom is -0.495 e. The van der Waals surface area contributed by atoms with Crippen LogP contribution in [0.4, 0.5) is 5.69 Å². The van der Waals surface area contributed by atoms with Gasteiger partial charge in [-0.25, -0.2) is 0 Å². The van der Waals surface area contributed by atoms with Gasteiger partial charge in [0.15, 0.2) is 0 Å². The van der Waals surface area contributed by atoms with Crippen LogP contribution in [0.25, 0.3) is 6.08 Å². The third-order valence-corrected chi connectivity index (χ3v) is 3.57. The second-order valence-electron chi connectivity index (χ2n) is 4.98. The summed E-state index contributed by atoms with van der Waals surface area (Å²) in [6.07, 6.45) is 1.51. The molecule has 0 bridgehead atoms. The maximum atomic E-state index is 12.3. The Labute approximate surface area is 151 Å². The highest BCUT2D eigenvalue weighted by Crippen LogP contribution is 2.27. The number of nitriles is 1. The van der Waals surface area contributed by atoms with Crippen LogP contribution >= 0.6 is 11.6 Å². The van der Waals surface area contributed by atoms with Gasteiger partial charge in [-0.2, -0.15) is 5.26 Å². The van der Waals surface area contributed by atoms with E-state index >= 15 is 0 Å². The Balaban J connectivity index is 2.15. The van der Waals surface area contributed by atoms with E-state index < -0.39 is 5.91 Å². The third kappa shape index (κ3) is 5.00. The van der Waals surface area contributed by atoms with Gasteiger partial charge in [-0.1, -0.05) is 23.7 Å². The van der Waals surface area contributed by atoms with Gasteiger partial charge in [0, 0.05) is 5.69 Å². The van der Waals surface area contributed by atoms with Gasteiger partial charge in [0.2, 0.25) is 0 Å². The first kappa shape index (κ1) is 18.4. The quantitative estimate of drug-likeness (QED) is 0.619. The smallest absolute Gasteiger partial charge is 0.266 e. The number of hydrogen-bond acceptors (Lipinski definition) is 4. The van der Waals surface area contributed by atoms with Crippen molar-refractivity contribution >= 4 is 29.3 Å². The molecule has 0 spiro atoms. The molecule has 0 atom stereocenters. The van der Waals surface area contributed by atoms with E-state index in [0.717, 1.165) is 11.3 Å². The molecule has 0 saturated carbocycles. The first-order valence-electron chi connectivity index (χ1n) is 7.57. The zero-order chi connectivity index (χ0) is 18.2. The fourth-order valence-electron chi connectivity index (χ4n) is 2.08. The lowest BCUT2D eigenvalue weighted by Crippen LogP contribution is -2.13. The first-order chi connectivity index (χ1) is 12.1. The molecule has 0 fully saturated rings. The van der Waals surface area contributed by atoms with E-state index in [2.05, 4.69) is 5.32 Å². The molecule has 0 aliphatic carbocycles. The summed E-state index contributed by atoms with van der Waals surface area (Å²) < 4.78 is 10.4. The van der Waals surface area contributed by atoms with E-state index in [4.69, 9.17) is 21.1 Å². The fourth-order valence-corrected chi connectivity index (χ4v) is 2.34. The van der Waals surface area contributed by atoms with Crippen LogP contribution in [0, 0.1) is 11.3 Å². The normalized spacial score (nSPS) is 10.7. The summed E-state index contributed by atoms with van der Waals surface area (Å²) in [6.45, 7) is 2.48. The van der Waals surface area contributed by atoms with Crippen LogP contribution in [0.15, 0.2) is 48.0 Å². The first-order valence-corrected chi connectivity index (χ1v) is 7.94. The number of nitrogens with zero attached hydrogens (tertiary/aromatic N) is 1. The number of hydrogen-bond donors (Lipinski definition) is 1. The maximum absolute atomic E-state index is 12.3. The van der Waals surface area contributed by atoms with Crippen LogP contribution < -0.4 is 14.8 Å². The van der Waals surface area contributed by atoms with Crippen molar-refractivity contribution in [1.29, 1.82) is 5.26 Å². The molecular weight excluding hydrogens is 340 g/mol. The predicted molar refractivity (Wildman–Crippen MR) is 97.8 cm³/mol. The molecule has 0 aliphatic rings. The standard InChI is InChI=1S/C19H17ClN2O3/c1-3-25-16-7-4-13(5-8-16)10-14(12-21)19(23)22-15-6-9-18(24-2)17(20)11-15/h4-11H,3H2,1-2H3,(H,22,23)/b14-10-. The number of carbonyl (C=O) groups excluding carboxylic acids is 1. The molecule has 0 radical (unpaired) electrons. The number of ether oxygens (including phenoxy) is 2. The minimum atomic E-state index is -0.516. The van der Waals surface area contributed by atoms with E-state index in [1.165, 1.54) is 13.2 Å². The highest BCUT2D eigenvalue weighted by atomic mass is 35.5. The largest absolute Gasteiger partial charge is 0.495 e. The lowest BCUT2D eigenvalue weighted by molar-refractivity contribution is -0.112. The molecule has 1 amide bonds. The number of anilines is 1. The van der Waals surface area contributed by atoms with Crippen molar-refractivity contribution in [2.45, 2.75) is 6.92 Å². The number of rotatable bonds is 6. The highest BCUT2D eigenvalue weighted by Gasteiger charge is 2.11. The van der Waals surface area contributed by atoms with Gasteiger partial charge < -0.3 is 14.8 Å². The molecule has 2 aromatic rings. The van der Waals surface area contributed by atoms with Crippen molar-refractivity contribution in [1.82, 2.24) is 0 Å². The maximum Gasteiger partial charge on any atom is 0.266 e. The number of nitrogens with one attached hydrogen (secondary N) is 1. The predicted octanol–water partition coefficient (Wildman–Crippen LogP) is 4.29. The van der Waals surface area contributed by atoms with E-state index in [9.17, 15) is 10.1 Å². The number of benzene rings is 2. The summed E-state index contributed by atoms with van der Waals surface area (Å²) in [5.74, 6) is 0.721. The van der Waals surface area contributed by atoms with Gasteiger partial charge in [-0.15, -0.1) is 0 Å². The molecule has 128 valence electrons. The second kappa shape index (κ2) is 8.76. The van der Waals surface area contributed by atoms with Gasteiger partial charge in [0.05, 0.1) is 18.7 Å². The summed E-state index contributed by atoms with van der Waals surface area (Å²) in [6, 6.07) is 13.9. The molecule has 2 rings (SSSR count). The van der Waals surface area contributed by atoms with E-state index in [1.807, 2.05) is 13.0 Å². The number of carbonyl (C=O) groups is 1. The van der Waals surface area contributed by atoms with Gasteiger partial charge in [0.1, 0.15) is 23.1 Å². The molecule has 6 heteroatoms. The molecule has 0 aromatic heterocycles. The van der Waals surface area contributed by atoms with Crippen molar-refractivity contribution in [3.63, 3.8) is 0 Å². The lowest BCUT2D eigenvalue weighted by atomic mass is 10.1. The molecule has 0 heterocycles. The van der Waals surface area contributed by atoms with Crippen LogP contribution in [-0.4, -0.2) is 19.6 Å². The van der Waals surface area contributed by atoms with Gasteiger partial charge in [-0.05, 0) is 48.9 Å². The average Bonchev–Trinajstić information content (AvgIpc) is 2.61. The average molecular weight is 357 g/mol. The Kier molecular flexibility index (Phi) is 6.44. The number of methoxy groups -OCH3 is 1. The molecular formula is C19H17ClN2O3. The Morgan fingerprint density at radius 1 is 1.28 bits per heavy atom. The van der Waals surface area contributed by atoms with E-state index in [1.54, 1.807) is 42.5 Å². The van der Waals surface area contributed by atoms with Crippen molar-refractivity contribution in [3.8, 4) is 17.6 Å². The molecule has 25 heavy (non-hydrogen) atoms. The molecule has 0 aliphatic heterocycles. The molecule has 1 N–H and O–H groups in total. The zero-order valence-electron chi connectivity index (χ0n) is 13.9. The monoisotopic (exact) mass is 356 g/mol. The fraction of sp³-hybridized carbons (Fsp3) is 0.158. The third-order valence-electron chi connectivity index (χ3n) is 3.28. The Hall–Kier alpha value is -2.97. The van der Waals surface area contributed by atoms with E-state index in [-0.39, 0.29) is 5.57 Å². The molecule has 2 aromatic carbocycles. The topological polar surface area (TPSA) is 71.3 Å². The number of amides is 1. The Morgan fingerprint density at radius 3 is 2.56 bits per heavy atom. The summed E-state index contributed by atoms with van der Waals surface area (Å²) in [5, 5.41) is 12.3. The minimum absolute atomic E-state index is 0.0175. The second-order valence-corrected chi connectivity index (χ2v) is 5.38. The van der Waals surface area contributed by atoms with Crippen molar-refractivity contribution < 1.29 is 14.3 Å². The summed E-state index contributed by atoms with van der Waals surface area (Å²) in [4.78, 5) is 12.3. The lowest BCUT2D eigenvalue weighted by Gasteiger charge is -2.08. The Morgan fingerprint density at radius 2 is 2.00 bits per heavy atom. The highest BCUT2D eigenvalue weighted by molar-refractivity contribution is 6.32. The Bertz CT molecular complexity index is 824. The zero-order valence-corrected chi connectivity index (χ0v) is 14.6. The molecule has 5 nitrogen and oxygen atoms in total. The van der Waals surface area contributed by atoms with Crippen molar-refractivity contribution in [2.24, 2.45) is 0 Å². The molecule has 0 saturated heterocycles. The van der Waals surface area contributed by atoms with Crippen LogP contribution in [0.3, 0.4) is 0 Å². The summed E-state index contributed by atoms with van der Waals surface area (Å²) in [7, 11) is 1.51. The van der Waals surface area contributed by atoms with Gasteiger partial charge >= 0.3 is 0 Å². The van der Waals surface area contributed by atoms with Gasteiger partial charge in [0.25, 0.3) is 5.91 Å². The van der Waals surface area contributed by atoms with Crippen LogP contribution in [-0.2, 0) is 4.79 Å².